The van der Waals surface area contributed by atoms with Gasteiger partial charge >= 0.3 is 14.2 Å². The molecular formula is C17H26B2N2O6S. The molecule has 1 aromatic carbocycles. The maximum atomic E-state index is 10.6. The molecule has 0 radical (unpaired) electrons. The van der Waals surface area contributed by atoms with Crippen LogP contribution < -0.4 is 10.9 Å². The van der Waals surface area contributed by atoms with E-state index in [1.807, 2.05) is 40.9 Å². The Kier molecular flexibility index (Phi) is 6.78. The van der Waals surface area contributed by atoms with E-state index in [1.165, 1.54) is 0 Å². The van der Waals surface area contributed by atoms with Gasteiger partial charge in [-0.2, -0.15) is 5.10 Å². The molecule has 1 aliphatic heterocycles. The molecule has 0 amide bonds. The molecule has 3 rings (SSSR count). The molecule has 0 bridgehead atoms. The molecule has 0 unspecified atom stereocenters. The van der Waals surface area contributed by atoms with Crippen molar-refractivity contribution in [3.63, 3.8) is 0 Å². The molecule has 1 fully saturated rings. The van der Waals surface area contributed by atoms with E-state index in [4.69, 9.17) is 9.31 Å². The fraction of sp³-hybridized carbons (Fsp3) is 0.471. The molecule has 1 saturated heterocycles. The summed E-state index contributed by atoms with van der Waals surface area (Å²) in [5.41, 5.74) is 0.810. The summed E-state index contributed by atoms with van der Waals surface area (Å²) in [5, 5.41) is 13.4. The number of aryl methyl sites for hydroxylation is 1. The molecular weight excluding hydrogens is 382 g/mol. The van der Waals surface area contributed by atoms with Gasteiger partial charge in [-0.25, -0.2) is 8.42 Å². The summed E-state index contributed by atoms with van der Waals surface area (Å²) in [4.78, 5) is 0. The van der Waals surface area contributed by atoms with Crippen LogP contribution in [0.3, 0.4) is 0 Å². The van der Waals surface area contributed by atoms with Gasteiger partial charge in [0.25, 0.3) is 10.1 Å². The van der Waals surface area contributed by atoms with Crippen molar-refractivity contribution < 1.29 is 26.9 Å². The van der Waals surface area contributed by atoms with Crippen LogP contribution in [0.1, 0.15) is 27.7 Å². The highest BCUT2D eigenvalue weighted by molar-refractivity contribution is 7.86. The average molecular weight is 408 g/mol. The van der Waals surface area contributed by atoms with E-state index in [0.717, 1.165) is 11.7 Å². The Bertz CT molecular complexity index is 870. The van der Waals surface area contributed by atoms with Gasteiger partial charge in [-0.1, -0.05) is 30.3 Å². The molecule has 0 aliphatic carbocycles. The molecule has 2 aromatic rings. The van der Waals surface area contributed by atoms with Gasteiger partial charge in [0.2, 0.25) is 0 Å². The Balaban J connectivity index is 0.000000203. The van der Waals surface area contributed by atoms with Gasteiger partial charge in [-0.3, -0.25) is 8.78 Å². The van der Waals surface area contributed by atoms with Crippen molar-refractivity contribution in [1.29, 1.82) is 0 Å². The minimum Gasteiger partial charge on any atom is -0.422 e. The smallest absolute Gasteiger partial charge is 0.422 e. The molecule has 1 aromatic heterocycles. The number of aromatic nitrogens is 2. The number of rotatable bonds is 4. The third-order valence-electron chi connectivity index (χ3n) is 4.60. The van der Waals surface area contributed by atoms with Crippen LogP contribution in [0.15, 0.2) is 42.7 Å². The van der Waals surface area contributed by atoms with Gasteiger partial charge in [0.1, 0.15) is 0 Å². The first-order chi connectivity index (χ1) is 12.8. The van der Waals surface area contributed by atoms with Gasteiger partial charge in [0.15, 0.2) is 0 Å². The second-order valence-corrected chi connectivity index (χ2v) is 9.20. The highest BCUT2D eigenvalue weighted by atomic mass is 32.2. The van der Waals surface area contributed by atoms with Crippen molar-refractivity contribution in [2.45, 2.75) is 38.9 Å². The first-order valence-corrected chi connectivity index (χ1v) is 10.6. The minimum absolute atomic E-state index is 0.284. The number of hydrogen-bond donors (Lipinski definition) is 1. The predicted molar refractivity (Wildman–Crippen MR) is 109 cm³/mol. The summed E-state index contributed by atoms with van der Waals surface area (Å²) in [5.74, 6) is 0. The van der Waals surface area contributed by atoms with Crippen molar-refractivity contribution in [1.82, 2.24) is 9.78 Å². The van der Waals surface area contributed by atoms with E-state index in [9.17, 15) is 13.4 Å². The molecule has 1 aliphatic rings. The lowest BCUT2D eigenvalue weighted by atomic mass is 9.80. The molecule has 152 valence electrons. The summed E-state index contributed by atoms with van der Waals surface area (Å²) in [6, 6.07) is 8.29. The monoisotopic (exact) mass is 408 g/mol. The zero-order chi connectivity index (χ0) is 21.2. The molecule has 0 spiro atoms. The van der Waals surface area contributed by atoms with Crippen LogP contribution in [-0.4, -0.2) is 54.9 Å². The van der Waals surface area contributed by atoms with Crippen LogP contribution in [0.5, 0.6) is 0 Å². The SMILES string of the molecule is CS(=O)(=O)OB(O)c1ccccc1.Cn1cc(B2OC(C)(C)C(C)(C)O2)cn1. The summed E-state index contributed by atoms with van der Waals surface area (Å²) in [6.07, 6.45) is 4.59. The number of nitrogens with zero attached hydrogens (tertiary/aromatic N) is 2. The van der Waals surface area contributed by atoms with Crippen molar-refractivity contribution in [2.75, 3.05) is 6.26 Å². The lowest BCUT2D eigenvalue weighted by Crippen LogP contribution is -2.41. The van der Waals surface area contributed by atoms with Crippen LogP contribution in [0.4, 0.5) is 0 Å². The second-order valence-electron chi connectivity index (χ2n) is 7.60. The van der Waals surface area contributed by atoms with Crippen LogP contribution in [0.2, 0.25) is 0 Å². The van der Waals surface area contributed by atoms with Crippen molar-refractivity contribution in [2.24, 2.45) is 7.05 Å². The zero-order valence-electron chi connectivity index (χ0n) is 17.0. The predicted octanol–water partition coefficient (Wildman–Crippen LogP) is 0.0696. The van der Waals surface area contributed by atoms with Gasteiger partial charge in [0, 0.05) is 24.9 Å². The van der Waals surface area contributed by atoms with E-state index < -0.39 is 17.2 Å². The summed E-state index contributed by atoms with van der Waals surface area (Å²) < 4.78 is 39.1. The largest absolute Gasteiger partial charge is 0.506 e. The molecule has 8 nitrogen and oxygen atoms in total. The van der Waals surface area contributed by atoms with Crippen molar-refractivity contribution in [3.8, 4) is 0 Å². The van der Waals surface area contributed by atoms with Crippen LogP contribution >= 0.6 is 0 Å². The van der Waals surface area contributed by atoms with Crippen molar-refractivity contribution in [3.05, 3.63) is 42.7 Å². The van der Waals surface area contributed by atoms with E-state index in [0.29, 0.717) is 5.46 Å². The van der Waals surface area contributed by atoms with Crippen LogP contribution in [-0.2, 0) is 30.6 Å². The summed E-state index contributed by atoms with van der Waals surface area (Å²) in [7, 11) is -3.46. The number of hydrogen-bond acceptors (Lipinski definition) is 7. The second kappa shape index (κ2) is 8.38. The zero-order valence-corrected chi connectivity index (χ0v) is 17.8. The Morgan fingerprint density at radius 3 is 2.11 bits per heavy atom. The van der Waals surface area contributed by atoms with E-state index in [2.05, 4.69) is 9.20 Å². The normalized spacial score (nSPS) is 17.8. The lowest BCUT2D eigenvalue weighted by molar-refractivity contribution is 0.00578. The van der Waals surface area contributed by atoms with E-state index in [1.54, 1.807) is 41.2 Å². The summed E-state index contributed by atoms with van der Waals surface area (Å²) in [6.45, 7) is 8.18. The highest BCUT2D eigenvalue weighted by Crippen LogP contribution is 2.36. The van der Waals surface area contributed by atoms with Gasteiger partial charge in [0.05, 0.1) is 17.5 Å². The Labute approximate surface area is 167 Å². The van der Waals surface area contributed by atoms with Crippen LogP contribution in [0, 0.1) is 0 Å². The third-order valence-corrected chi connectivity index (χ3v) is 5.13. The Morgan fingerprint density at radius 1 is 1.14 bits per heavy atom. The lowest BCUT2D eigenvalue weighted by Gasteiger charge is -2.32. The topological polar surface area (TPSA) is 99.9 Å². The Morgan fingerprint density at radius 2 is 1.68 bits per heavy atom. The quantitative estimate of drug-likeness (QED) is 0.715. The highest BCUT2D eigenvalue weighted by Gasteiger charge is 2.52. The van der Waals surface area contributed by atoms with Gasteiger partial charge in [-0.05, 0) is 33.2 Å². The standard InChI is InChI=1S/C10H17BN2O2.C7H9BO4S/c1-9(2)10(3,4)15-11(14-9)8-6-12-13(5)7-8;1-13(10,11)12-8(9)7-5-3-2-4-6-7/h6-7H,1-5H3;2-6,9H,1H3. The number of benzene rings is 1. The van der Waals surface area contributed by atoms with Crippen molar-refractivity contribution >= 4 is 35.3 Å². The summed E-state index contributed by atoms with van der Waals surface area (Å²) >= 11 is 0. The average Bonchev–Trinajstić information content (AvgIpc) is 3.08. The maximum Gasteiger partial charge on any atom is 0.506 e. The fourth-order valence-corrected chi connectivity index (χ4v) is 2.82. The molecule has 28 heavy (non-hydrogen) atoms. The molecule has 1 N–H and O–H groups in total. The first-order valence-electron chi connectivity index (χ1n) is 8.76. The molecule has 0 atom stereocenters. The van der Waals surface area contributed by atoms with E-state index >= 15 is 0 Å². The first kappa shape index (κ1) is 22.6. The van der Waals surface area contributed by atoms with Crippen LogP contribution in [0.25, 0.3) is 0 Å². The van der Waals surface area contributed by atoms with E-state index in [-0.39, 0.29) is 18.3 Å². The van der Waals surface area contributed by atoms with Gasteiger partial charge < -0.3 is 14.3 Å². The third kappa shape index (κ3) is 5.92. The fourth-order valence-electron chi connectivity index (χ4n) is 2.38. The molecule has 0 saturated carbocycles. The van der Waals surface area contributed by atoms with Gasteiger partial charge in [-0.15, -0.1) is 0 Å². The maximum absolute atomic E-state index is 10.6. The Hall–Kier alpha value is -1.65. The molecule has 11 heteroatoms. The molecule has 2 heterocycles. The minimum atomic E-state index is -3.62.